The van der Waals surface area contributed by atoms with Gasteiger partial charge in [0.1, 0.15) is 5.75 Å². The number of fused-ring (bicyclic) bond motifs is 3. The van der Waals surface area contributed by atoms with Gasteiger partial charge in [-0.2, -0.15) is 5.10 Å². The fraction of sp³-hybridized carbons (Fsp3) is 0.143. The van der Waals surface area contributed by atoms with E-state index in [2.05, 4.69) is 50.2 Å². The highest BCUT2D eigenvalue weighted by Gasteiger charge is 2.40. The molecule has 0 saturated carbocycles. The van der Waals surface area contributed by atoms with Gasteiger partial charge >= 0.3 is 0 Å². The third-order valence-corrected chi connectivity index (χ3v) is 5.34. The minimum Gasteiger partial charge on any atom is -0.464 e. The van der Waals surface area contributed by atoms with Crippen LogP contribution in [0.2, 0.25) is 0 Å². The molecule has 0 spiro atoms. The lowest BCUT2D eigenvalue weighted by atomic mass is 9.96. The summed E-state index contributed by atoms with van der Waals surface area (Å²) in [5.41, 5.74) is 4.46. The quantitative estimate of drug-likeness (QED) is 0.595. The summed E-state index contributed by atoms with van der Waals surface area (Å²) in [6.07, 6.45) is 4.20. The second-order valence-corrected chi connectivity index (χ2v) is 7.36. The molecule has 0 radical (unpaired) electrons. The summed E-state index contributed by atoms with van der Waals surface area (Å²) in [6, 6.07) is 20.7. The summed E-state index contributed by atoms with van der Waals surface area (Å²) in [5, 5.41) is 7.05. The predicted molar refractivity (Wildman–Crippen MR) is 104 cm³/mol. The summed E-state index contributed by atoms with van der Waals surface area (Å²) in [4.78, 5) is 4.13. The van der Waals surface area contributed by atoms with Crippen LogP contribution in [-0.2, 0) is 0 Å². The Kier molecular flexibility index (Phi) is 3.75. The van der Waals surface area contributed by atoms with Crippen molar-refractivity contribution >= 4 is 21.6 Å². The highest BCUT2D eigenvalue weighted by atomic mass is 79.9. The van der Waals surface area contributed by atoms with Crippen molar-refractivity contribution in [1.82, 2.24) is 9.99 Å². The van der Waals surface area contributed by atoms with Crippen molar-refractivity contribution < 1.29 is 4.74 Å². The lowest BCUT2D eigenvalue weighted by Crippen LogP contribution is -2.33. The number of pyridine rings is 1. The molecule has 2 aliphatic heterocycles. The van der Waals surface area contributed by atoms with Gasteiger partial charge in [-0.25, -0.2) is 5.01 Å². The van der Waals surface area contributed by atoms with Gasteiger partial charge < -0.3 is 4.74 Å². The Bertz CT molecular complexity index is 989. The topological polar surface area (TPSA) is 37.7 Å². The third kappa shape index (κ3) is 2.59. The number of nitrogens with zero attached hydrogens (tertiary/aromatic N) is 3. The van der Waals surface area contributed by atoms with Crippen molar-refractivity contribution in [3.05, 3.63) is 94.2 Å². The molecule has 2 atom stereocenters. The monoisotopic (exact) mass is 405 g/mol. The van der Waals surface area contributed by atoms with Crippen molar-refractivity contribution in [3.8, 4) is 5.75 Å². The number of hydrogen-bond donors (Lipinski definition) is 0. The number of ether oxygens (including phenoxy) is 1. The van der Waals surface area contributed by atoms with E-state index < -0.39 is 0 Å². The van der Waals surface area contributed by atoms with Crippen molar-refractivity contribution in [1.29, 1.82) is 0 Å². The molecule has 0 fully saturated rings. The van der Waals surface area contributed by atoms with Crippen LogP contribution in [-0.4, -0.2) is 15.7 Å². The van der Waals surface area contributed by atoms with Gasteiger partial charge in [-0.3, -0.25) is 4.98 Å². The van der Waals surface area contributed by atoms with Crippen LogP contribution in [0.4, 0.5) is 0 Å². The number of hydrazone groups is 1. The Hall–Kier alpha value is -2.66. The first-order valence-electron chi connectivity index (χ1n) is 8.57. The first kappa shape index (κ1) is 15.6. The Morgan fingerprint density at radius 2 is 1.85 bits per heavy atom. The molecule has 0 saturated heterocycles. The van der Waals surface area contributed by atoms with Crippen LogP contribution >= 0.6 is 15.9 Å². The van der Waals surface area contributed by atoms with E-state index in [1.807, 2.05) is 36.4 Å². The molecule has 0 N–H and O–H groups in total. The molecule has 0 aliphatic carbocycles. The van der Waals surface area contributed by atoms with Gasteiger partial charge in [0.15, 0.2) is 0 Å². The summed E-state index contributed by atoms with van der Waals surface area (Å²) in [7, 11) is 0. The Labute approximate surface area is 160 Å². The zero-order chi connectivity index (χ0) is 17.5. The number of halogens is 1. The average Bonchev–Trinajstić information content (AvgIpc) is 3.14. The number of para-hydroxylation sites is 1. The predicted octanol–water partition coefficient (Wildman–Crippen LogP) is 5.09. The lowest BCUT2D eigenvalue weighted by molar-refractivity contribution is -0.0190. The van der Waals surface area contributed by atoms with Crippen LogP contribution < -0.4 is 4.74 Å². The van der Waals surface area contributed by atoms with Gasteiger partial charge in [-0.05, 0) is 35.9 Å². The first-order chi connectivity index (χ1) is 12.8. The molecule has 3 heterocycles. The van der Waals surface area contributed by atoms with Gasteiger partial charge in [-0.15, -0.1) is 0 Å². The molecule has 4 nitrogen and oxygen atoms in total. The number of benzene rings is 2. The van der Waals surface area contributed by atoms with Gasteiger partial charge in [0.2, 0.25) is 6.23 Å². The van der Waals surface area contributed by atoms with Crippen LogP contribution in [0, 0.1) is 0 Å². The SMILES string of the molecule is Brc1cccc(C2=NN3[C@@H](c4ccncc4)Oc4ccccc4[C@@H]3C2)c1. The van der Waals surface area contributed by atoms with E-state index in [0.29, 0.717) is 0 Å². The Balaban J connectivity index is 1.60. The first-order valence-corrected chi connectivity index (χ1v) is 9.36. The van der Waals surface area contributed by atoms with E-state index in [-0.39, 0.29) is 12.3 Å². The third-order valence-electron chi connectivity index (χ3n) is 4.85. The number of rotatable bonds is 2. The lowest BCUT2D eigenvalue weighted by Gasteiger charge is -2.38. The maximum atomic E-state index is 6.32. The second kappa shape index (κ2) is 6.25. The van der Waals surface area contributed by atoms with Crippen LogP contribution in [0.5, 0.6) is 5.75 Å². The van der Waals surface area contributed by atoms with E-state index in [1.165, 1.54) is 5.56 Å². The molecular formula is C21H16BrN3O. The van der Waals surface area contributed by atoms with Gasteiger partial charge in [0, 0.05) is 34.4 Å². The summed E-state index contributed by atoms with van der Waals surface area (Å²) in [5.74, 6) is 0.932. The Morgan fingerprint density at radius 1 is 1.00 bits per heavy atom. The fourth-order valence-corrected chi connectivity index (χ4v) is 4.02. The molecule has 26 heavy (non-hydrogen) atoms. The number of aromatic nitrogens is 1. The second-order valence-electron chi connectivity index (χ2n) is 6.45. The van der Waals surface area contributed by atoms with E-state index >= 15 is 0 Å². The minimum atomic E-state index is -0.248. The molecule has 3 aromatic rings. The molecule has 2 aliphatic rings. The molecule has 0 bridgehead atoms. The highest BCUT2D eigenvalue weighted by molar-refractivity contribution is 9.10. The van der Waals surface area contributed by atoms with E-state index in [0.717, 1.165) is 33.5 Å². The van der Waals surface area contributed by atoms with E-state index in [4.69, 9.17) is 9.84 Å². The highest BCUT2D eigenvalue weighted by Crippen LogP contribution is 2.47. The molecule has 128 valence electrons. The Morgan fingerprint density at radius 3 is 2.69 bits per heavy atom. The van der Waals surface area contributed by atoms with Crippen LogP contribution in [0.15, 0.2) is 82.6 Å². The summed E-state index contributed by atoms with van der Waals surface area (Å²) in [6.45, 7) is 0. The smallest absolute Gasteiger partial charge is 0.213 e. The fourth-order valence-electron chi connectivity index (χ4n) is 3.62. The maximum absolute atomic E-state index is 6.32. The van der Waals surface area contributed by atoms with Crippen molar-refractivity contribution in [2.75, 3.05) is 0 Å². The maximum Gasteiger partial charge on any atom is 0.213 e. The number of hydrogen-bond acceptors (Lipinski definition) is 4. The van der Waals surface area contributed by atoms with Gasteiger partial charge in [0.25, 0.3) is 0 Å². The molecule has 0 amide bonds. The molecular weight excluding hydrogens is 390 g/mol. The van der Waals surface area contributed by atoms with E-state index in [1.54, 1.807) is 12.4 Å². The normalized spacial score (nSPS) is 20.8. The van der Waals surface area contributed by atoms with Gasteiger partial charge in [-0.1, -0.05) is 46.3 Å². The van der Waals surface area contributed by atoms with Crippen LogP contribution in [0.1, 0.15) is 35.4 Å². The molecule has 2 aromatic carbocycles. The molecule has 0 unspecified atom stereocenters. The van der Waals surface area contributed by atoms with Crippen LogP contribution in [0.3, 0.4) is 0 Å². The van der Waals surface area contributed by atoms with Crippen molar-refractivity contribution in [3.63, 3.8) is 0 Å². The largest absolute Gasteiger partial charge is 0.464 e. The molecule has 1 aromatic heterocycles. The summed E-state index contributed by atoms with van der Waals surface area (Å²) >= 11 is 3.56. The zero-order valence-electron chi connectivity index (χ0n) is 13.9. The molecule has 5 heteroatoms. The van der Waals surface area contributed by atoms with Crippen LogP contribution in [0.25, 0.3) is 0 Å². The van der Waals surface area contributed by atoms with E-state index in [9.17, 15) is 0 Å². The molecule has 5 rings (SSSR count). The average molecular weight is 406 g/mol. The summed E-state index contributed by atoms with van der Waals surface area (Å²) < 4.78 is 7.38. The van der Waals surface area contributed by atoms with Crippen molar-refractivity contribution in [2.45, 2.75) is 18.7 Å². The standard InChI is InChI=1S/C21H16BrN3O/c22-16-5-3-4-15(12-16)18-13-19-17-6-1-2-7-20(17)26-21(25(19)24-18)14-8-10-23-11-9-14/h1-12,19,21H,13H2/t19-,21+/m0/s1. The van der Waals surface area contributed by atoms with Gasteiger partial charge in [0.05, 0.1) is 11.8 Å². The zero-order valence-corrected chi connectivity index (χ0v) is 15.5. The minimum absolute atomic E-state index is 0.173. The van der Waals surface area contributed by atoms with Crippen molar-refractivity contribution in [2.24, 2.45) is 5.10 Å².